The lowest BCUT2D eigenvalue weighted by Gasteiger charge is -2.07. The third-order valence-corrected chi connectivity index (χ3v) is 3.78. The van der Waals surface area contributed by atoms with E-state index in [0.717, 1.165) is 0 Å². The molecule has 22 heavy (non-hydrogen) atoms. The largest absolute Gasteiger partial charge is 0.618 e. The van der Waals surface area contributed by atoms with Crippen molar-refractivity contribution in [3.8, 4) is 11.5 Å². The van der Waals surface area contributed by atoms with Gasteiger partial charge in [0.2, 0.25) is 5.69 Å². The van der Waals surface area contributed by atoms with Crippen molar-refractivity contribution in [3.63, 3.8) is 0 Å². The van der Waals surface area contributed by atoms with Crippen molar-refractivity contribution in [3.05, 3.63) is 57.8 Å². The molecule has 6 heteroatoms. The highest BCUT2D eigenvalue weighted by molar-refractivity contribution is 6.53. The molecular formula is C16H12ClNO4. The quantitative estimate of drug-likeness (QED) is 0.644. The molecule has 1 aliphatic heterocycles. The number of ether oxygens (including phenoxy) is 2. The predicted octanol–water partition coefficient (Wildman–Crippen LogP) is 3.18. The minimum Gasteiger partial charge on any atom is -0.618 e. The third kappa shape index (κ3) is 2.10. The van der Waals surface area contributed by atoms with E-state index in [9.17, 15) is 10.0 Å². The van der Waals surface area contributed by atoms with E-state index < -0.39 is 0 Å². The number of ketones is 1. The minimum atomic E-state index is -0.372. The fourth-order valence-corrected chi connectivity index (χ4v) is 2.68. The van der Waals surface area contributed by atoms with Crippen molar-refractivity contribution >= 4 is 28.8 Å². The van der Waals surface area contributed by atoms with Crippen LogP contribution in [-0.2, 0) is 0 Å². The Morgan fingerprint density at radius 2 is 1.73 bits per heavy atom. The maximum Gasteiger partial charge on any atom is 0.273 e. The van der Waals surface area contributed by atoms with Gasteiger partial charge in [0.05, 0.1) is 19.8 Å². The van der Waals surface area contributed by atoms with Crippen LogP contribution in [0.5, 0.6) is 11.5 Å². The zero-order valence-corrected chi connectivity index (χ0v) is 12.7. The molecule has 0 unspecified atom stereocenters. The van der Waals surface area contributed by atoms with E-state index in [1.54, 1.807) is 36.4 Å². The number of hydrogen-bond acceptors (Lipinski definition) is 4. The fraction of sp³-hybridized carbons (Fsp3) is 0.125. The molecule has 0 aromatic heterocycles. The van der Waals surface area contributed by atoms with Gasteiger partial charge in [0, 0.05) is 6.07 Å². The number of benzene rings is 2. The van der Waals surface area contributed by atoms with Crippen molar-refractivity contribution in [2.75, 3.05) is 14.2 Å². The summed E-state index contributed by atoms with van der Waals surface area (Å²) in [6, 6.07) is 9.69. The van der Waals surface area contributed by atoms with Gasteiger partial charge in [-0.2, -0.15) is 4.74 Å². The standard InChI is InChI=1S/C16H12ClNO4/c1-21-10-6-9(7-11(8-10)22-2)14-16(19)12-4-3-5-13(17)15(12)18(14)20/h3-8H,1-2H3. The second kappa shape index (κ2) is 5.35. The van der Waals surface area contributed by atoms with Crippen LogP contribution in [0.1, 0.15) is 15.9 Å². The molecule has 112 valence electrons. The van der Waals surface area contributed by atoms with Gasteiger partial charge >= 0.3 is 0 Å². The first kappa shape index (κ1) is 14.4. The van der Waals surface area contributed by atoms with E-state index in [4.69, 9.17) is 21.1 Å². The third-order valence-electron chi connectivity index (χ3n) is 3.48. The van der Waals surface area contributed by atoms with Gasteiger partial charge in [0.1, 0.15) is 22.1 Å². The lowest BCUT2D eigenvalue weighted by atomic mass is 10.0. The van der Waals surface area contributed by atoms with Gasteiger partial charge in [-0.25, -0.2) is 0 Å². The molecule has 0 bridgehead atoms. The highest BCUT2D eigenvalue weighted by atomic mass is 35.5. The van der Waals surface area contributed by atoms with Crippen molar-refractivity contribution < 1.29 is 19.0 Å². The van der Waals surface area contributed by atoms with Crippen molar-refractivity contribution in [1.29, 1.82) is 0 Å². The van der Waals surface area contributed by atoms with Crippen LogP contribution in [0.25, 0.3) is 0 Å². The van der Waals surface area contributed by atoms with E-state index in [-0.39, 0.29) is 22.2 Å². The summed E-state index contributed by atoms with van der Waals surface area (Å²) in [5.41, 5.74) is 0.883. The van der Waals surface area contributed by atoms with E-state index >= 15 is 0 Å². The SMILES string of the molecule is COc1cc(OC)cc(C2=[N+]([O-])c3c(Cl)cccc3C2=O)c1. The van der Waals surface area contributed by atoms with Crippen LogP contribution in [0.4, 0.5) is 5.69 Å². The molecule has 0 amide bonds. The van der Waals surface area contributed by atoms with Crippen LogP contribution in [0.3, 0.4) is 0 Å². The molecule has 0 radical (unpaired) electrons. The number of para-hydroxylation sites is 1. The Morgan fingerprint density at radius 1 is 1.09 bits per heavy atom. The Morgan fingerprint density at radius 3 is 2.27 bits per heavy atom. The summed E-state index contributed by atoms with van der Waals surface area (Å²) >= 11 is 6.04. The van der Waals surface area contributed by atoms with Crippen molar-refractivity contribution in [1.82, 2.24) is 0 Å². The highest BCUT2D eigenvalue weighted by Crippen LogP contribution is 2.35. The Balaban J connectivity index is 2.22. The monoisotopic (exact) mass is 317 g/mol. The average molecular weight is 318 g/mol. The summed E-state index contributed by atoms with van der Waals surface area (Å²) in [7, 11) is 3.00. The lowest BCUT2D eigenvalue weighted by Crippen LogP contribution is -2.16. The maximum absolute atomic E-state index is 12.5. The van der Waals surface area contributed by atoms with Gasteiger partial charge < -0.3 is 14.7 Å². The molecule has 5 nitrogen and oxygen atoms in total. The number of carbonyl (C=O) groups is 1. The van der Waals surface area contributed by atoms with Crippen LogP contribution < -0.4 is 9.47 Å². The number of nitrogens with zero attached hydrogens (tertiary/aromatic N) is 1. The lowest BCUT2D eigenvalue weighted by molar-refractivity contribution is -0.355. The number of rotatable bonds is 3. The van der Waals surface area contributed by atoms with Crippen LogP contribution >= 0.6 is 11.6 Å². The van der Waals surface area contributed by atoms with Crippen LogP contribution in [0.15, 0.2) is 36.4 Å². The maximum atomic E-state index is 12.5. The Hall–Kier alpha value is -2.53. The van der Waals surface area contributed by atoms with Crippen molar-refractivity contribution in [2.45, 2.75) is 0 Å². The van der Waals surface area contributed by atoms with E-state index in [1.165, 1.54) is 14.2 Å². The molecule has 0 spiro atoms. The summed E-state index contributed by atoms with van der Waals surface area (Å²) in [6.45, 7) is 0. The van der Waals surface area contributed by atoms with Crippen LogP contribution in [0, 0.1) is 5.21 Å². The normalized spacial score (nSPS) is 13.3. The number of halogens is 1. The first-order valence-electron chi connectivity index (χ1n) is 6.47. The number of Topliss-reactive ketones (excluding diaryl/α,β-unsaturated/α-hetero) is 1. The van der Waals surface area contributed by atoms with Gasteiger partial charge in [0.15, 0.2) is 0 Å². The second-order valence-electron chi connectivity index (χ2n) is 4.71. The van der Waals surface area contributed by atoms with Gasteiger partial charge in [0.25, 0.3) is 11.5 Å². The smallest absolute Gasteiger partial charge is 0.273 e. The summed E-state index contributed by atoms with van der Waals surface area (Å²) < 4.78 is 10.9. The molecule has 0 N–H and O–H groups in total. The van der Waals surface area contributed by atoms with Crippen LogP contribution in [0.2, 0.25) is 5.02 Å². The molecule has 0 saturated carbocycles. The summed E-state index contributed by atoms with van der Waals surface area (Å²) in [5, 5.41) is 12.8. The molecule has 3 rings (SSSR count). The minimum absolute atomic E-state index is 0.000278. The fourth-order valence-electron chi connectivity index (χ4n) is 2.43. The molecule has 1 heterocycles. The number of hydrogen-bond donors (Lipinski definition) is 0. The molecule has 2 aromatic carbocycles. The van der Waals surface area contributed by atoms with Gasteiger partial charge in [-0.1, -0.05) is 17.7 Å². The second-order valence-corrected chi connectivity index (χ2v) is 5.12. The van der Waals surface area contributed by atoms with E-state index in [0.29, 0.717) is 27.4 Å². The first-order valence-corrected chi connectivity index (χ1v) is 6.85. The van der Waals surface area contributed by atoms with E-state index in [2.05, 4.69) is 0 Å². The molecule has 0 aliphatic carbocycles. The molecule has 0 atom stereocenters. The molecule has 1 aliphatic rings. The highest BCUT2D eigenvalue weighted by Gasteiger charge is 2.38. The van der Waals surface area contributed by atoms with Crippen molar-refractivity contribution in [2.24, 2.45) is 0 Å². The van der Waals surface area contributed by atoms with E-state index in [1.807, 2.05) is 0 Å². The Bertz CT molecular complexity index is 792. The molecule has 0 saturated heterocycles. The predicted molar refractivity (Wildman–Crippen MR) is 82.7 cm³/mol. The zero-order chi connectivity index (χ0) is 15.9. The zero-order valence-electron chi connectivity index (χ0n) is 11.9. The Kier molecular flexibility index (Phi) is 3.50. The number of methoxy groups -OCH3 is 2. The van der Waals surface area contributed by atoms with Gasteiger partial charge in [-0.15, -0.1) is 0 Å². The number of carbonyl (C=O) groups excluding carboxylic acids is 1. The summed E-state index contributed by atoms with van der Waals surface area (Å²) in [4.78, 5) is 12.5. The Labute approximate surface area is 131 Å². The summed E-state index contributed by atoms with van der Waals surface area (Å²) in [6.07, 6.45) is 0. The number of fused-ring (bicyclic) bond motifs is 1. The molecule has 0 fully saturated rings. The summed E-state index contributed by atoms with van der Waals surface area (Å²) in [5.74, 6) is 0.609. The van der Waals surface area contributed by atoms with Crippen LogP contribution in [-0.4, -0.2) is 30.5 Å². The first-order chi connectivity index (χ1) is 10.6. The van der Waals surface area contributed by atoms with Gasteiger partial charge in [-0.05, 0) is 24.3 Å². The topological polar surface area (TPSA) is 61.6 Å². The molecule has 2 aromatic rings. The van der Waals surface area contributed by atoms with Gasteiger partial charge in [-0.3, -0.25) is 4.79 Å². The molecular weight excluding hydrogens is 306 g/mol. The average Bonchev–Trinajstić information content (AvgIpc) is 2.79.